The number of hydrogen-bond acceptors (Lipinski definition) is 6. The van der Waals surface area contributed by atoms with Crippen LogP contribution in [-0.4, -0.2) is 63.7 Å². The van der Waals surface area contributed by atoms with Crippen LogP contribution in [0.1, 0.15) is 56.5 Å². The molecule has 1 saturated heterocycles. The molecule has 3 rings (SSSR count). The fourth-order valence-corrected chi connectivity index (χ4v) is 4.13. The van der Waals surface area contributed by atoms with E-state index in [0.29, 0.717) is 38.2 Å². The van der Waals surface area contributed by atoms with Crippen molar-refractivity contribution in [2.45, 2.75) is 58.4 Å². The zero-order chi connectivity index (χ0) is 22.9. The van der Waals surface area contributed by atoms with Gasteiger partial charge in [-0.1, -0.05) is 31.9 Å². The van der Waals surface area contributed by atoms with Crippen LogP contribution in [0.3, 0.4) is 0 Å². The number of likely N-dealkylation sites (tertiary alicyclic amines) is 1. The first-order valence-corrected chi connectivity index (χ1v) is 11.5. The molecule has 2 amide bonds. The molecule has 1 aromatic heterocycles. The predicted molar refractivity (Wildman–Crippen MR) is 120 cm³/mol. The van der Waals surface area contributed by atoms with Gasteiger partial charge in [0.05, 0.1) is 7.11 Å². The van der Waals surface area contributed by atoms with E-state index in [0.717, 1.165) is 37.1 Å². The van der Waals surface area contributed by atoms with Crippen molar-refractivity contribution in [3.05, 3.63) is 35.7 Å². The molecule has 1 aromatic carbocycles. The lowest BCUT2D eigenvalue weighted by molar-refractivity contribution is -0.138. The summed E-state index contributed by atoms with van der Waals surface area (Å²) in [5, 5.41) is 14.8. The van der Waals surface area contributed by atoms with Crippen LogP contribution in [0, 0.1) is 12.8 Å². The summed E-state index contributed by atoms with van der Waals surface area (Å²) in [6, 6.07) is 7.14. The van der Waals surface area contributed by atoms with Crippen molar-refractivity contribution < 1.29 is 14.3 Å². The number of unbranched alkanes of at least 4 members (excludes halogenated alkanes) is 2. The minimum Gasteiger partial charge on any atom is -0.497 e. The van der Waals surface area contributed by atoms with Crippen molar-refractivity contribution in [1.82, 2.24) is 30.4 Å². The third-order valence-electron chi connectivity index (χ3n) is 6.06. The number of carbonyl (C=O) groups is 2. The second-order valence-corrected chi connectivity index (χ2v) is 8.34. The predicted octanol–water partition coefficient (Wildman–Crippen LogP) is 2.32. The molecular formula is C23H34N6O3. The number of tetrazole rings is 1. The average Bonchev–Trinajstić information content (AvgIpc) is 3.25. The second-order valence-electron chi connectivity index (χ2n) is 8.34. The molecule has 0 unspecified atom stereocenters. The number of nitrogens with one attached hydrogen (secondary N) is 1. The quantitative estimate of drug-likeness (QED) is 0.567. The molecule has 1 atom stereocenters. The van der Waals surface area contributed by atoms with Gasteiger partial charge in [-0.3, -0.25) is 9.59 Å². The highest BCUT2D eigenvalue weighted by atomic mass is 16.5. The number of aryl methyl sites for hydroxylation is 1. The van der Waals surface area contributed by atoms with Gasteiger partial charge >= 0.3 is 0 Å². The first-order valence-electron chi connectivity index (χ1n) is 11.5. The van der Waals surface area contributed by atoms with Gasteiger partial charge in [-0.15, -0.1) is 5.10 Å². The van der Waals surface area contributed by atoms with E-state index in [2.05, 4.69) is 27.8 Å². The van der Waals surface area contributed by atoms with Crippen molar-refractivity contribution in [3.8, 4) is 5.75 Å². The molecule has 1 fully saturated rings. The van der Waals surface area contributed by atoms with Gasteiger partial charge < -0.3 is 15.0 Å². The monoisotopic (exact) mass is 442 g/mol. The Morgan fingerprint density at radius 2 is 2.03 bits per heavy atom. The molecule has 0 saturated carbocycles. The normalized spacial score (nSPS) is 15.4. The largest absolute Gasteiger partial charge is 0.497 e. The Bertz CT molecular complexity index is 891. The molecule has 2 heterocycles. The van der Waals surface area contributed by atoms with Crippen LogP contribution in [0.15, 0.2) is 24.3 Å². The summed E-state index contributed by atoms with van der Waals surface area (Å²) < 4.78 is 6.91. The summed E-state index contributed by atoms with van der Waals surface area (Å²) in [7, 11) is 1.62. The molecule has 174 valence electrons. The van der Waals surface area contributed by atoms with E-state index in [1.54, 1.807) is 18.7 Å². The smallest absolute Gasteiger partial charge is 0.247 e. The zero-order valence-electron chi connectivity index (χ0n) is 19.3. The van der Waals surface area contributed by atoms with E-state index >= 15 is 0 Å². The van der Waals surface area contributed by atoms with Crippen LogP contribution >= 0.6 is 0 Å². The number of hydrogen-bond donors (Lipinski definition) is 1. The number of carbonyl (C=O) groups excluding carboxylic acids is 2. The molecule has 0 bridgehead atoms. The summed E-state index contributed by atoms with van der Waals surface area (Å²) >= 11 is 0. The van der Waals surface area contributed by atoms with E-state index in [1.165, 1.54) is 0 Å². The maximum atomic E-state index is 13.5. The number of benzene rings is 1. The van der Waals surface area contributed by atoms with Crippen LogP contribution in [0.2, 0.25) is 0 Å². The van der Waals surface area contributed by atoms with Crippen molar-refractivity contribution in [1.29, 1.82) is 0 Å². The second kappa shape index (κ2) is 11.6. The van der Waals surface area contributed by atoms with Crippen molar-refractivity contribution >= 4 is 11.8 Å². The molecule has 9 heteroatoms. The number of rotatable bonds is 10. The number of nitrogens with zero attached hydrogens (tertiary/aromatic N) is 5. The molecule has 0 radical (unpaired) electrons. The molecule has 1 aliphatic heterocycles. The average molecular weight is 443 g/mol. The van der Waals surface area contributed by atoms with E-state index in [9.17, 15) is 9.59 Å². The zero-order valence-corrected chi connectivity index (χ0v) is 19.3. The number of amides is 2. The van der Waals surface area contributed by atoms with E-state index in [4.69, 9.17) is 4.74 Å². The molecule has 1 N–H and O–H groups in total. The lowest BCUT2D eigenvalue weighted by Crippen LogP contribution is -2.46. The molecule has 32 heavy (non-hydrogen) atoms. The van der Waals surface area contributed by atoms with Gasteiger partial charge in [0.1, 0.15) is 17.6 Å². The van der Waals surface area contributed by atoms with Crippen LogP contribution in [-0.2, 0) is 16.0 Å². The molecule has 1 aliphatic rings. The maximum Gasteiger partial charge on any atom is 0.247 e. The van der Waals surface area contributed by atoms with Crippen molar-refractivity contribution in [2.75, 3.05) is 26.7 Å². The van der Waals surface area contributed by atoms with Crippen LogP contribution in [0.5, 0.6) is 5.75 Å². The highest BCUT2D eigenvalue weighted by molar-refractivity contribution is 5.82. The lowest BCUT2D eigenvalue weighted by Gasteiger charge is -2.33. The Morgan fingerprint density at radius 1 is 1.25 bits per heavy atom. The first-order chi connectivity index (χ1) is 15.5. The Hall–Kier alpha value is -2.97. The van der Waals surface area contributed by atoms with Gasteiger partial charge in [0.15, 0.2) is 0 Å². The Morgan fingerprint density at radius 3 is 2.69 bits per heavy atom. The highest BCUT2D eigenvalue weighted by Crippen LogP contribution is 2.24. The molecular weight excluding hydrogens is 408 g/mol. The summed E-state index contributed by atoms with van der Waals surface area (Å²) in [6.45, 7) is 5.78. The van der Waals surface area contributed by atoms with Crippen LogP contribution in [0.25, 0.3) is 0 Å². The number of piperidine rings is 1. The van der Waals surface area contributed by atoms with Gasteiger partial charge in [0.2, 0.25) is 11.8 Å². The topological polar surface area (TPSA) is 102 Å². The Balaban J connectivity index is 1.64. The van der Waals surface area contributed by atoms with Gasteiger partial charge in [-0.05, 0) is 54.3 Å². The summed E-state index contributed by atoms with van der Waals surface area (Å²) in [5.74, 6) is 1.38. The number of methoxy groups -OCH3 is 1. The minimum absolute atomic E-state index is 0.0231. The summed E-state index contributed by atoms with van der Waals surface area (Å²) in [6.07, 6.45) is 5.07. The van der Waals surface area contributed by atoms with Crippen LogP contribution in [0.4, 0.5) is 0 Å². The minimum atomic E-state index is -0.545. The third kappa shape index (κ3) is 6.05. The SMILES string of the molecule is CCCCCNC(=O)C1CCN(C(=O)[C@@H](Cc2cccc(OC)c2)n2nnnc2C)CC1. The third-order valence-corrected chi connectivity index (χ3v) is 6.06. The van der Waals surface area contributed by atoms with Gasteiger partial charge in [-0.2, -0.15) is 0 Å². The van der Waals surface area contributed by atoms with Gasteiger partial charge in [0.25, 0.3) is 0 Å². The van der Waals surface area contributed by atoms with Gasteiger partial charge in [0, 0.05) is 32.0 Å². The van der Waals surface area contributed by atoms with Crippen molar-refractivity contribution in [2.24, 2.45) is 5.92 Å². The fourth-order valence-electron chi connectivity index (χ4n) is 4.13. The van der Waals surface area contributed by atoms with Crippen molar-refractivity contribution in [3.63, 3.8) is 0 Å². The fraction of sp³-hybridized carbons (Fsp3) is 0.609. The van der Waals surface area contributed by atoms with Crippen LogP contribution < -0.4 is 10.1 Å². The summed E-state index contributed by atoms with van der Waals surface area (Å²) in [5.41, 5.74) is 0.971. The van der Waals surface area contributed by atoms with E-state index in [1.807, 2.05) is 29.2 Å². The number of aromatic nitrogens is 4. The Kier molecular flexibility index (Phi) is 8.58. The molecule has 0 aliphatic carbocycles. The highest BCUT2D eigenvalue weighted by Gasteiger charge is 2.33. The molecule has 9 nitrogen and oxygen atoms in total. The van der Waals surface area contributed by atoms with Gasteiger partial charge in [-0.25, -0.2) is 4.68 Å². The lowest BCUT2D eigenvalue weighted by atomic mass is 9.94. The number of ether oxygens (including phenoxy) is 1. The standard InChI is InChI=1S/C23H34N6O3/c1-4-5-6-12-24-22(30)19-10-13-28(14-11-19)23(31)21(29-17(2)25-26-27-29)16-18-8-7-9-20(15-18)32-3/h7-9,15,19,21H,4-6,10-14,16H2,1-3H3,(H,24,30)/t21-/m1/s1. The first kappa shape index (κ1) is 23.7. The maximum absolute atomic E-state index is 13.5. The molecule has 0 spiro atoms. The molecule has 2 aromatic rings. The Labute approximate surface area is 189 Å². The summed E-state index contributed by atoms with van der Waals surface area (Å²) in [4.78, 5) is 27.8. The van der Waals surface area contributed by atoms with E-state index in [-0.39, 0.29) is 17.7 Å². The van der Waals surface area contributed by atoms with E-state index < -0.39 is 6.04 Å².